The molecule has 3 rings (SSSR count). The SMILES string of the molecule is Nc1ccc2ncnc(OCCN3CCCC3)c2c1. The number of anilines is 1. The molecule has 0 atom stereocenters. The fourth-order valence-electron chi connectivity index (χ4n) is 2.44. The zero-order chi connectivity index (χ0) is 13.1. The van der Waals surface area contributed by atoms with E-state index in [1.807, 2.05) is 18.2 Å². The van der Waals surface area contributed by atoms with E-state index in [0.29, 0.717) is 18.2 Å². The first-order chi connectivity index (χ1) is 9.33. The lowest BCUT2D eigenvalue weighted by molar-refractivity contribution is 0.234. The molecular weight excluding hydrogens is 240 g/mol. The molecule has 1 fully saturated rings. The van der Waals surface area contributed by atoms with Gasteiger partial charge in [-0.3, -0.25) is 4.90 Å². The standard InChI is InChI=1S/C14H18N4O/c15-11-3-4-13-12(9-11)14(17-10-16-13)19-8-7-18-5-1-2-6-18/h3-4,9-10H,1-2,5-8,15H2. The van der Waals surface area contributed by atoms with Crippen molar-refractivity contribution in [1.82, 2.24) is 14.9 Å². The van der Waals surface area contributed by atoms with Crippen molar-refractivity contribution in [2.24, 2.45) is 0 Å². The molecule has 1 saturated heterocycles. The van der Waals surface area contributed by atoms with Gasteiger partial charge in [0, 0.05) is 12.2 Å². The molecule has 5 heteroatoms. The quantitative estimate of drug-likeness (QED) is 0.845. The molecule has 2 aromatic rings. The summed E-state index contributed by atoms with van der Waals surface area (Å²) in [5.74, 6) is 0.622. The van der Waals surface area contributed by atoms with E-state index < -0.39 is 0 Å². The molecule has 100 valence electrons. The number of ether oxygens (including phenoxy) is 1. The van der Waals surface area contributed by atoms with Crippen LogP contribution in [0.2, 0.25) is 0 Å². The summed E-state index contributed by atoms with van der Waals surface area (Å²) >= 11 is 0. The maximum absolute atomic E-state index is 5.80. The molecule has 0 bridgehead atoms. The van der Waals surface area contributed by atoms with Gasteiger partial charge in [0.25, 0.3) is 0 Å². The monoisotopic (exact) mass is 258 g/mol. The van der Waals surface area contributed by atoms with Crippen LogP contribution >= 0.6 is 0 Å². The van der Waals surface area contributed by atoms with E-state index in [1.165, 1.54) is 32.3 Å². The van der Waals surface area contributed by atoms with Gasteiger partial charge in [-0.1, -0.05) is 0 Å². The zero-order valence-electron chi connectivity index (χ0n) is 10.9. The van der Waals surface area contributed by atoms with Crippen LogP contribution in [0, 0.1) is 0 Å². The van der Waals surface area contributed by atoms with Crippen molar-refractivity contribution in [3.05, 3.63) is 24.5 Å². The lowest BCUT2D eigenvalue weighted by atomic mass is 10.2. The highest BCUT2D eigenvalue weighted by molar-refractivity contribution is 5.86. The van der Waals surface area contributed by atoms with E-state index in [1.54, 1.807) is 0 Å². The number of benzene rings is 1. The van der Waals surface area contributed by atoms with Crippen molar-refractivity contribution in [3.63, 3.8) is 0 Å². The van der Waals surface area contributed by atoms with Crippen LogP contribution in [-0.4, -0.2) is 41.1 Å². The fraction of sp³-hybridized carbons (Fsp3) is 0.429. The molecule has 0 spiro atoms. The highest BCUT2D eigenvalue weighted by Crippen LogP contribution is 2.23. The average Bonchev–Trinajstić information content (AvgIpc) is 2.92. The number of rotatable bonds is 4. The summed E-state index contributed by atoms with van der Waals surface area (Å²) < 4.78 is 5.79. The van der Waals surface area contributed by atoms with Gasteiger partial charge in [-0.15, -0.1) is 0 Å². The maximum atomic E-state index is 5.80. The molecule has 2 N–H and O–H groups in total. The van der Waals surface area contributed by atoms with Crippen LogP contribution in [0.1, 0.15) is 12.8 Å². The number of fused-ring (bicyclic) bond motifs is 1. The Morgan fingerprint density at radius 1 is 1.21 bits per heavy atom. The predicted octanol–water partition coefficient (Wildman–Crippen LogP) is 1.69. The lowest BCUT2D eigenvalue weighted by Crippen LogP contribution is -2.25. The van der Waals surface area contributed by atoms with Crippen LogP contribution in [0.3, 0.4) is 0 Å². The third-order valence-corrected chi connectivity index (χ3v) is 3.47. The maximum Gasteiger partial charge on any atom is 0.224 e. The minimum Gasteiger partial charge on any atom is -0.476 e. The molecule has 2 heterocycles. The first-order valence-corrected chi connectivity index (χ1v) is 6.68. The van der Waals surface area contributed by atoms with Gasteiger partial charge >= 0.3 is 0 Å². The predicted molar refractivity (Wildman–Crippen MR) is 75.1 cm³/mol. The van der Waals surface area contributed by atoms with Crippen LogP contribution in [0.15, 0.2) is 24.5 Å². The van der Waals surface area contributed by atoms with E-state index in [0.717, 1.165) is 17.4 Å². The normalized spacial score (nSPS) is 16.0. The molecule has 19 heavy (non-hydrogen) atoms. The summed E-state index contributed by atoms with van der Waals surface area (Å²) in [6.45, 7) is 3.97. The Kier molecular flexibility index (Phi) is 3.46. The van der Waals surface area contributed by atoms with Gasteiger partial charge in [-0.25, -0.2) is 9.97 Å². The Morgan fingerprint density at radius 2 is 2.05 bits per heavy atom. The van der Waals surface area contributed by atoms with Gasteiger partial charge < -0.3 is 10.5 Å². The van der Waals surface area contributed by atoms with E-state index in [4.69, 9.17) is 10.5 Å². The van der Waals surface area contributed by atoms with Gasteiger partial charge in [-0.05, 0) is 44.1 Å². The summed E-state index contributed by atoms with van der Waals surface area (Å²) in [7, 11) is 0. The minimum absolute atomic E-state index is 0.622. The summed E-state index contributed by atoms with van der Waals surface area (Å²) in [6.07, 6.45) is 4.13. The Bertz CT molecular complexity index is 566. The van der Waals surface area contributed by atoms with Crippen molar-refractivity contribution < 1.29 is 4.74 Å². The van der Waals surface area contributed by atoms with Gasteiger partial charge in [0.1, 0.15) is 12.9 Å². The molecular formula is C14H18N4O. The van der Waals surface area contributed by atoms with Crippen molar-refractivity contribution in [1.29, 1.82) is 0 Å². The first kappa shape index (κ1) is 12.2. The van der Waals surface area contributed by atoms with Gasteiger partial charge in [-0.2, -0.15) is 0 Å². The molecule has 0 saturated carbocycles. The number of aromatic nitrogens is 2. The van der Waals surface area contributed by atoms with Crippen molar-refractivity contribution in [2.75, 3.05) is 32.0 Å². The molecule has 0 aliphatic carbocycles. The molecule has 0 unspecified atom stereocenters. The second-order valence-corrected chi connectivity index (χ2v) is 4.85. The zero-order valence-corrected chi connectivity index (χ0v) is 10.9. The van der Waals surface area contributed by atoms with E-state index in [2.05, 4.69) is 14.9 Å². The number of nitrogen functional groups attached to an aromatic ring is 1. The Labute approximate surface area is 112 Å². The number of nitrogens with two attached hydrogens (primary N) is 1. The topological polar surface area (TPSA) is 64.3 Å². The Morgan fingerprint density at radius 3 is 2.89 bits per heavy atom. The largest absolute Gasteiger partial charge is 0.476 e. The average molecular weight is 258 g/mol. The molecule has 1 aromatic carbocycles. The molecule has 5 nitrogen and oxygen atoms in total. The fourth-order valence-corrected chi connectivity index (χ4v) is 2.44. The van der Waals surface area contributed by atoms with Crippen LogP contribution < -0.4 is 10.5 Å². The van der Waals surface area contributed by atoms with Crippen molar-refractivity contribution >= 4 is 16.6 Å². The van der Waals surface area contributed by atoms with E-state index in [9.17, 15) is 0 Å². The molecule has 1 aromatic heterocycles. The minimum atomic E-state index is 0.622. The highest BCUT2D eigenvalue weighted by Gasteiger charge is 2.11. The lowest BCUT2D eigenvalue weighted by Gasteiger charge is -2.15. The molecule has 1 aliphatic heterocycles. The summed E-state index contributed by atoms with van der Waals surface area (Å²) in [5, 5.41) is 0.879. The molecule has 0 radical (unpaired) electrons. The van der Waals surface area contributed by atoms with E-state index >= 15 is 0 Å². The second kappa shape index (κ2) is 5.40. The van der Waals surface area contributed by atoms with Crippen LogP contribution in [0.25, 0.3) is 10.9 Å². The van der Waals surface area contributed by atoms with Gasteiger partial charge in [0.05, 0.1) is 10.9 Å². The Balaban J connectivity index is 1.71. The highest BCUT2D eigenvalue weighted by atomic mass is 16.5. The smallest absolute Gasteiger partial charge is 0.224 e. The van der Waals surface area contributed by atoms with Crippen LogP contribution in [0.5, 0.6) is 5.88 Å². The number of hydrogen-bond acceptors (Lipinski definition) is 5. The molecule has 1 aliphatic rings. The van der Waals surface area contributed by atoms with Crippen molar-refractivity contribution in [3.8, 4) is 5.88 Å². The number of likely N-dealkylation sites (tertiary alicyclic amines) is 1. The summed E-state index contributed by atoms with van der Waals surface area (Å²) in [4.78, 5) is 10.8. The Hall–Kier alpha value is -1.88. The number of nitrogens with zero attached hydrogens (tertiary/aromatic N) is 3. The van der Waals surface area contributed by atoms with E-state index in [-0.39, 0.29) is 0 Å². The van der Waals surface area contributed by atoms with Crippen LogP contribution in [-0.2, 0) is 0 Å². The number of hydrogen-bond donors (Lipinski definition) is 1. The van der Waals surface area contributed by atoms with Gasteiger partial charge in [0.2, 0.25) is 5.88 Å². The van der Waals surface area contributed by atoms with Gasteiger partial charge in [0.15, 0.2) is 0 Å². The van der Waals surface area contributed by atoms with Crippen LogP contribution in [0.4, 0.5) is 5.69 Å². The third kappa shape index (κ3) is 2.76. The van der Waals surface area contributed by atoms with Crippen molar-refractivity contribution in [2.45, 2.75) is 12.8 Å². The summed E-state index contributed by atoms with van der Waals surface area (Å²) in [6, 6.07) is 5.59. The summed E-state index contributed by atoms with van der Waals surface area (Å²) in [5.41, 5.74) is 7.36. The molecule has 0 amide bonds. The first-order valence-electron chi connectivity index (χ1n) is 6.68. The third-order valence-electron chi connectivity index (χ3n) is 3.47. The second-order valence-electron chi connectivity index (χ2n) is 4.85.